The van der Waals surface area contributed by atoms with Gasteiger partial charge in [0.2, 0.25) is 0 Å². The number of hydrogen-bond acceptors (Lipinski definition) is 3. The van der Waals surface area contributed by atoms with Gasteiger partial charge in [-0.1, -0.05) is 13.8 Å². The molecule has 2 aliphatic rings. The van der Waals surface area contributed by atoms with Crippen LogP contribution < -0.4 is 5.73 Å². The summed E-state index contributed by atoms with van der Waals surface area (Å²) in [6, 6.07) is 1.52. The molecule has 0 bridgehead atoms. The molecule has 4 nitrogen and oxygen atoms in total. The van der Waals surface area contributed by atoms with E-state index in [1.54, 1.807) is 0 Å². The molecule has 4 heteroatoms. The number of nitrogens with zero attached hydrogens (tertiary/aromatic N) is 3. The summed E-state index contributed by atoms with van der Waals surface area (Å²) in [7, 11) is 0. The van der Waals surface area contributed by atoms with Gasteiger partial charge in [-0.05, 0) is 44.6 Å². The van der Waals surface area contributed by atoms with Gasteiger partial charge in [0, 0.05) is 30.9 Å². The molecule has 0 amide bonds. The van der Waals surface area contributed by atoms with Crippen molar-refractivity contribution in [2.24, 2.45) is 11.7 Å². The van der Waals surface area contributed by atoms with Crippen LogP contribution in [0.15, 0.2) is 12.5 Å². The SMILES string of the molecule is CC(C)CC(N)c1cncn1C1CCN2CCCC2C1. The minimum absolute atomic E-state index is 0.124. The van der Waals surface area contributed by atoms with Crippen LogP contribution in [0.25, 0.3) is 0 Å². The molecule has 3 heterocycles. The van der Waals surface area contributed by atoms with Crippen LogP contribution in [-0.2, 0) is 0 Å². The molecule has 2 saturated heterocycles. The largest absolute Gasteiger partial charge is 0.330 e. The third-order valence-corrected chi connectivity index (χ3v) is 4.99. The first-order chi connectivity index (χ1) is 9.65. The van der Waals surface area contributed by atoms with Crippen LogP contribution in [0.3, 0.4) is 0 Å². The second kappa shape index (κ2) is 5.86. The molecule has 3 unspecified atom stereocenters. The smallest absolute Gasteiger partial charge is 0.0951 e. The van der Waals surface area contributed by atoms with Crippen LogP contribution in [0.5, 0.6) is 0 Å². The lowest BCUT2D eigenvalue weighted by atomic mass is 9.96. The molecule has 3 rings (SSSR count). The Morgan fingerprint density at radius 1 is 1.30 bits per heavy atom. The Kier molecular flexibility index (Phi) is 4.13. The van der Waals surface area contributed by atoms with Gasteiger partial charge in [0.1, 0.15) is 0 Å². The van der Waals surface area contributed by atoms with Crippen molar-refractivity contribution in [2.45, 2.75) is 64.1 Å². The first-order valence-electron chi connectivity index (χ1n) is 8.16. The number of rotatable bonds is 4. The van der Waals surface area contributed by atoms with E-state index in [4.69, 9.17) is 5.73 Å². The van der Waals surface area contributed by atoms with Gasteiger partial charge in [-0.3, -0.25) is 0 Å². The Balaban J connectivity index is 1.72. The number of aromatic nitrogens is 2. The third-order valence-electron chi connectivity index (χ3n) is 4.99. The van der Waals surface area contributed by atoms with Crippen LogP contribution in [0.4, 0.5) is 0 Å². The van der Waals surface area contributed by atoms with Gasteiger partial charge < -0.3 is 15.2 Å². The molecule has 2 fully saturated rings. The zero-order chi connectivity index (χ0) is 14.1. The van der Waals surface area contributed by atoms with E-state index in [0.717, 1.165) is 12.5 Å². The maximum absolute atomic E-state index is 6.38. The number of piperidine rings is 1. The van der Waals surface area contributed by atoms with Gasteiger partial charge in [-0.2, -0.15) is 0 Å². The second-order valence-electron chi connectivity index (χ2n) is 6.97. The van der Waals surface area contributed by atoms with E-state index in [-0.39, 0.29) is 6.04 Å². The van der Waals surface area contributed by atoms with Crippen LogP contribution >= 0.6 is 0 Å². The van der Waals surface area contributed by atoms with E-state index in [2.05, 4.69) is 28.3 Å². The molecule has 0 aromatic carbocycles. The number of imidazole rings is 1. The van der Waals surface area contributed by atoms with Crippen molar-refractivity contribution < 1.29 is 0 Å². The van der Waals surface area contributed by atoms with E-state index in [0.29, 0.717) is 12.0 Å². The molecule has 0 aliphatic carbocycles. The maximum atomic E-state index is 6.38. The fourth-order valence-electron chi connectivity index (χ4n) is 3.99. The van der Waals surface area contributed by atoms with Crippen molar-refractivity contribution in [1.82, 2.24) is 14.5 Å². The molecule has 112 valence electrons. The fraction of sp³-hybridized carbons (Fsp3) is 0.812. The zero-order valence-corrected chi connectivity index (χ0v) is 12.8. The number of nitrogens with two attached hydrogens (primary N) is 1. The average Bonchev–Trinajstić information content (AvgIpc) is 3.06. The van der Waals surface area contributed by atoms with E-state index in [1.807, 2.05) is 12.5 Å². The standard InChI is InChI=1S/C16H28N4/c1-12(2)8-15(17)16-10-18-11-20(16)14-5-7-19-6-3-4-13(19)9-14/h10-15H,3-9,17H2,1-2H3. The lowest BCUT2D eigenvalue weighted by Gasteiger charge is -2.36. The highest BCUT2D eigenvalue weighted by molar-refractivity contribution is 5.07. The Morgan fingerprint density at radius 2 is 2.15 bits per heavy atom. The highest BCUT2D eigenvalue weighted by Gasteiger charge is 2.33. The van der Waals surface area contributed by atoms with Crippen molar-refractivity contribution in [3.8, 4) is 0 Å². The summed E-state index contributed by atoms with van der Waals surface area (Å²) < 4.78 is 2.38. The Hall–Kier alpha value is -0.870. The van der Waals surface area contributed by atoms with Crippen LogP contribution in [0.2, 0.25) is 0 Å². The molecular weight excluding hydrogens is 248 g/mol. The summed E-state index contributed by atoms with van der Waals surface area (Å²) >= 11 is 0. The van der Waals surface area contributed by atoms with E-state index < -0.39 is 0 Å². The quantitative estimate of drug-likeness (QED) is 0.920. The molecule has 0 spiro atoms. The first kappa shape index (κ1) is 14.1. The molecular formula is C16H28N4. The van der Waals surface area contributed by atoms with E-state index in [1.165, 1.54) is 44.5 Å². The summed E-state index contributed by atoms with van der Waals surface area (Å²) in [6.45, 7) is 7.02. The summed E-state index contributed by atoms with van der Waals surface area (Å²) in [5, 5.41) is 0. The van der Waals surface area contributed by atoms with Crippen molar-refractivity contribution in [1.29, 1.82) is 0 Å². The van der Waals surface area contributed by atoms with E-state index in [9.17, 15) is 0 Å². The first-order valence-corrected chi connectivity index (χ1v) is 8.16. The van der Waals surface area contributed by atoms with Gasteiger partial charge in [0.25, 0.3) is 0 Å². The molecule has 20 heavy (non-hydrogen) atoms. The highest BCUT2D eigenvalue weighted by atomic mass is 15.2. The van der Waals surface area contributed by atoms with E-state index >= 15 is 0 Å². The summed E-state index contributed by atoms with van der Waals surface area (Å²) in [5.74, 6) is 0.630. The molecule has 2 aliphatic heterocycles. The third kappa shape index (κ3) is 2.77. The van der Waals surface area contributed by atoms with Crippen LogP contribution in [-0.4, -0.2) is 33.6 Å². The predicted octanol–water partition coefficient (Wildman–Crippen LogP) is 2.73. The Labute approximate surface area is 122 Å². The lowest BCUT2D eigenvalue weighted by molar-refractivity contribution is 0.153. The van der Waals surface area contributed by atoms with Crippen molar-refractivity contribution in [3.05, 3.63) is 18.2 Å². The van der Waals surface area contributed by atoms with Crippen molar-refractivity contribution in [3.63, 3.8) is 0 Å². The fourth-order valence-corrected chi connectivity index (χ4v) is 3.99. The van der Waals surface area contributed by atoms with Crippen LogP contribution in [0.1, 0.15) is 63.7 Å². The van der Waals surface area contributed by atoms with Gasteiger partial charge in [-0.15, -0.1) is 0 Å². The Bertz CT molecular complexity index is 439. The summed E-state index contributed by atoms with van der Waals surface area (Å²) in [4.78, 5) is 7.05. The van der Waals surface area contributed by atoms with Gasteiger partial charge >= 0.3 is 0 Å². The molecule has 1 aromatic heterocycles. The molecule has 3 atom stereocenters. The highest BCUT2D eigenvalue weighted by Crippen LogP contribution is 2.34. The summed E-state index contributed by atoms with van der Waals surface area (Å²) in [6.07, 6.45) is 10.3. The van der Waals surface area contributed by atoms with Crippen LogP contribution in [0, 0.1) is 5.92 Å². The minimum atomic E-state index is 0.124. The monoisotopic (exact) mass is 276 g/mol. The number of hydrogen-bond donors (Lipinski definition) is 1. The van der Waals surface area contributed by atoms with Crippen molar-refractivity contribution >= 4 is 0 Å². The minimum Gasteiger partial charge on any atom is -0.330 e. The molecule has 0 saturated carbocycles. The Morgan fingerprint density at radius 3 is 2.95 bits per heavy atom. The molecule has 2 N–H and O–H groups in total. The van der Waals surface area contributed by atoms with Crippen molar-refractivity contribution in [2.75, 3.05) is 13.1 Å². The van der Waals surface area contributed by atoms with Gasteiger partial charge in [0.05, 0.1) is 12.0 Å². The topological polar surface area (TPSA) is 47.1 Å². The maximum Gasteiger partial charge on any atom is 0.0951 e. The predicted molar refractivity (Wildman–Crippen MR) is 81.5 cm³/mol. The van der Waals surface area contributed by atoms with Gasteiger partial charge in [0.15, 0.2) is 0 Å². The second-order valence-corrected chi connectivity index (χ2v) is 6.97. The number of fused-ring (bicyclic) bond motifs is 1. The average molecular weight is 276 g/mol. The summed E-state index contributed by atoms with van der Waals surface area (Å²) in [5.41, 5.74) is 7.62. The van der Waals surface area contributed by atoms with Gasteiger partial charge in [-0.25, -0.2) is 4.98 Å². The normalized spacial score (nSPS) is 28.8. The molecule has 0 radical (unpaired) electrons. The molecule has 1 aromatic rings. The lowest BCUT2D eigenvalue weighted by Crippen LogP contribution is -2.39. The zero-order valence-electron chi connectivity index (χ0n) is 12.8.